The number of nitro groups is 1. The Labute approximate surface area is 307 Å². The van der Waals surface area contributed by atoms with Crippen molar-refractivity contribution in [2.75, 3.05) is 47.5 Å². The summed E-state index contributed by atoms with van der Waals surface area (Å²) in [7, 11) is 0. The molecule has 18 heteroatoms. The van der Waals surface area contributed by atoms with Crippen LogP contribution in [0.1, 0.15) is 64.6 Å². The van der Waals surface area contributed by atoms with Gasteiger partial charge >= 0.3 is 5.00 Å². The molecule has 0 unspecified atom stereocenters. The molecule has 0 aliphatic rings. The van der Waals surface area contributed by atoms with Gasteiger partial charge in [0.1, 0.15) is 11.5 Å². The molecule has 0 atom stereocenters. The highest BCUT2D eigenvalue weighted by Crippen LogP contribution is 2.31. The maximum Gasteiger partial charge on any atom is 0.348 e. The lowest BCUT2D eigenvalue weighted by Crippen LogP contribution is -2.27. The van der Waals surface area contributed by atoms with Crippen molar-refractivity contribution in [1.29, 1.82) is 0 Å². The van der Waals surface area contributed by atoms with Gasteiger partial charge in [0.15, 0.2) is 16.8 Å². The van der Waals surface area contributed by atoms with E-state index in [4.69, 9.17) is 4.84 Å². The molecule has 14 nitrogen and oxygen atoms in total. The first-order valence-electron chi connectivity index (χ1n) is 16.6. The van der Waals surface area contributed by atoms with Crippen molar-refractivity contribution in [3.63, 3.8) is 0 Å². The average molecular weight is 757 g/mol. The molecule has 0 aliphatic heterocycles. The van der Waals surface area contributed by atoms with Gasteiger partial charge in [-0.3, -0.25) is 34.7 Å². The van der Waals surface area contributed by atoms with E-state index in [0.29, 0.717) is 30.8 Å². The van der Waals surface area contributed by atoms with Crippen molar-refractivity contribution >= 4 is 61.9 Å². The molecule has 4 rings (SSSR count). The standard InChI is InChI=1S/C35H39F3N8O6S/c1-20-8-13-28(27(37)18-20)43-31-25(11-12-26(36)30(31)38)33(49)45-52-17-7-15-39-14-5-4-6-16-40-23-9-10-24(29(19-23)42-22(3)47)32(48)44-35-41-21(2)34(53-35)46(50)51/h8-13,18-19,39-40,43H,4-7,14-17H2,1-3H3,(H,42,47)(H,45,49)(H,41,44,48). The predicted molar refractivity (Wildman–Crippen MR) is 196 cm³/mol. The summed E-state index contributed by atoms with van der Waals surface area (Å²) in [4.78, 5) is 57.2. The lowest BCUT2D eigenvalue weighted by atomic mass is 10.1. The second-order valence-electron chi connectivity index (χ2n) is 11.8. The fourth-order valence-electron chi connectivity index (χ4n) is 4.99. The van der Waals surface area contributed by atoms with Gasteiger partial charge in [-0.25, -0.2) is 23.6 Å². The van der Waals surface area contributed by atoms with Crippen LogP contribution in [0.4, 0.5) is 46.1 Å². The first kappa shape index (κ1) is 40.2. The van der Waals surface area contributed by atoms with Crippen LogP contribution in [0, 0.1) is 41.4 Å². The van der Waals surface area contributed by atoms with Gasteiger partial charge in [0.2, 0.25) is 5.91 Å². The number of hydrogen-bond donors (Lipinski definition) is 6. The van der Waals surface area contributed by atoms with E-state index in [1.807, 2.05) is 0 Å². The maximum atomic E-state index is 14.6. The Bertz CT molecular complexity index is 1960. The number of amides is 3. The molecular formula is C35H39F3N8O6S. The molecule has 4 aromatic rings. The first-order valence-corrected chi connectivity index (χ1v) is 17.4. The third-order valence-electron chi connectivity index (χ3n) is 7.58. The van der Waals surface area contributed by atoms with Crippen LogP contribution in [0.3, 0.4) is 0 Å². The van der Waals surface area contributed by atoms with E-state index in [-0.39, 0.29) is 50.8 Å². The molecule has 0 bridgehead atoms. The van der Waals surface area contributed by atoms with E-state index < -0.39 is 39.9 Å². The number of rotatable bonds is 19. The number of thiazole rings is 1. The highest BCUT2D eigenvalue weighted by molar-refractivity contribution is 7.19. The van der Waals surface area contributed by atoms with E-state index in [0.717, 1.165) is 49.3 Å². The van der Waals surface area contributed by atoms with E-state index in [2.05, 4.69) is 37.0 Å². The summed E-state index contributed by atoms with van der Waals surface area (Å²) >= 11 is 0.746. The van der Waals surface area contributed by atoms with Crippen molar-refractivity contribution in [2.45, 2.75) is 46.5 Å². The summed E-state index contributed by atoms with van der Waals surface area (Å²) in [5.74, 6) is -4.99. The fourth-order valence-corrected chi connectivity index (χ4v) is 5.77. The molecule has 3 aromatic carbocycles. The van der Waals surface area contributed by atoms with Crippen molar-refractivity contribution in [3.05, 3.63) is 98.5 Å². The van der Waals surface area contributed by atoms with Crippen molar-refractivity contribution in [1.82, 2.24) is 15.8 Å². The summed E-state index contributed by atoms with van der Waals surface area (Å²) in [6.07, 6.45) is 3.18. The summed E-state index contributed by atoms with van der Waals surface area (Å²) < 4.78 is 42.9. The quantitative estimate of drug-likeness (QED) is 0.0332. The van der Waals surface area contributed by atoms with E-state index in [1.54, 1.807) is 31.2 Å². The zero-order valence-electron chi connectivity index (χ0n) is 29.2. The molecule has 0 spiro atoms. The van der Waals surface area contributed by atoms with Crippen LogP contribution >= 0.6 is 11.3 Å². The number of nitrogens with one attached hydrogen (secondary N) is 6. The Kier molecular flexibility index (Phi) is 14.6. The number of anilines is 5. The molecule has 0 saturated carbocycles. The molecule has 0 fully saturated rings. The minimum Gasteiger partial charge on any atom is -0.385 e. The highest BCUT2D eigenvalue weighted by atomic mass is 32.1. The number of aryl methyl sites for hydroxylation is 2. The maximum absolute atomic E-state index is 14.6. The van der Waals surface area contributed by atoms with E-state index >= 15 is 0 Å². The van der Waals surface area contributed by atoms with E-state index in [1.165, 1.54) is 26.0 Å². The third-order valence-corrected chi connectivity index (χ3v) is 8.61. The van der Waals surface area contributed by atoms with Gasteiger partial charge in [-0.1, -0.05) is 12.5 Å². The smallest absolute Gasteiger partial charge is 0.348 e. The van der Waals surface area contributed by atoms with Crippen molar-refractivity contribution in [2.24, 2.45) is 0 Å². The van der Waals surface area contributed by atoms with Crippen molar-refractivity contribution in [3.8, 4) is 0 Å². The number of halogens is 3. The Hall–Kier alpha value is -5.59. The topological polar surface area (TPSA) is 189 Å². The van der Waals surface area contributed by atoms with Crippen LogP contribution in [-0.2, 0) is 9.63 Å². The Balaban J connectivity index is 1.12. The number of unbranched alkanes of at least 4 members (excludes halogenated alkanes) is 2. The third kappa shape index (κ3) is 11.7. The molecule has 6 N–H and O–H groups in total. The first-order chi connectivity index (χ1) is 25.3. The lowest BCUT2D eigenvalue weighted by Gasteiger charge is -2.14. The fraction of sp³-hybridized carbons (Fsp3) is 0.314. The van der Waals surface area contributed by atoms with Gasteiger partial charge in [0.25, 0.3) is 11.8 Å². The number of hydroxylamine groups is 1. The average Bonchev–Trinajstić information content (AvgIpc) is 3.47. The summed E-state index contributed by atoms with van der Waals surface area (Å²) in [5, 5.41) is 25.2. The number of benzene rings is 3. The normalized spacial score (nSPS) is 10.8. The Morgan fingerprint density at radius 3 is 2.30 bits per heavy atom. The molecular weight excluding hydrogens is 717 g/mol. The molecule has 0 aliphatic carbocycles. The number of aromatic nitrogens is 1. The molecule has 282 valence electrons. The van der Waals surface area contributed by atoms with Gasteiger partial charge in [0.05, 0.1) is 39.7 Å². The monoisotopic (exact) mass is 756 g/mol. The van der Waals surface area contributed by atoms with Gasteiger partial charge in [-0.15, -0.1) is 0 Å². The minimum absolute atomic E-state index is 0.0747. The van der Waals surface area contributed by atoms with Crippen molar-refractivity contribution < 1.29 is 37.3 Å². The molecule has 53 heavy (non-hydrogen) atoms. The molecule has 1 aromatic heterocycles. The second-order valence-corrected chi connectivity index (χ2v) is 12.8. The summed E-state index contributed by atoms with van der Waals surface area (Å²) in [6.45, 7) is 6.60. The zero-order valence-corrected chi connectivity index (χ0v) is 30.0. The Morgan fingerprint density at radius 1 is 0.849 bits per heavy atom. The highest BCUT2D eigenvalue weighted by Gasteiger charge is 2.22. The summed E-state index contributed by atoms with van der Waals surface area (Å²) in [6, 6.07) is 10.9. The number of nitrogens with zero attached hydrogens (tertiary/aromatic N) is 2. The lowest BCUT2D eigenvalue weighted by molar-refractivity contribution is -0.380. The molecule has 1 heterocycles. The second kappa shape index (κ2) is 19.3. The molecule has 0 saturated heterocycles. The molecule has 0 radical (unpaired) electrons. The molecule has 3 amide bonds. The number of hydrogen-bond acceptors (Lipinski definition) is 11. The van der Waals surface area contributed by atoms with Crippen LogP contribution in [0.2, 0.25) is 0 Å². The summed E-state index contributed by atoms with van der Waals surface area (Å²) in [5.41, 5.74) is 3.27. The SMILES string of the molecule is CC(=O)Nc1cc(NCCCCCNCCCONC(=O)c2ccc(F)c(F)c2Nc2ccc(C)cc2F)ccc1C(=O)Nc1nc(C)c([N+](=O)[O-])s1. The van der Waals surface area contributed by atoms with Gasteiger partial charge in [0, 0.05) is 19.2 Å². The van der Waals surface area contributed by atoms with Gasteiger partial charge in [-0.2, -0.15) is 0 Å². The van der Waals surface area contributed by atoms with Crippen LogP contribution in [0.15, 0.2) is 48.5 Å². The largest absolute Gasteiger partial charge is 0.385 e. The van der Waals surface area contributed by atoms with Crippen LogP contribution in [0.25, 0.3) is 0 Å². The zero-order chi connectivity index (χ0) is 38.5. The predicted octanol–water partition coefficient (Wildman–Crippen LogP) is 6.96. The van der Waals surface area contributed by atoms with Gasteiger partial charge < -0.3 is 21.3 Å². The van der Waals surface area contributed by atoms with E-state index in [9.17, 15) is 37.7 Å². The van der Waals surface area contributed by atoms with Gasteiger partial charge in [-0.05, 0) is 106 Å². The van der Waals surface area contributed by atoms with Crippen LogP contribution < -0.4 is 32.1 Å². The number of carbonyl (C=O) groups excluding carboxylic acids is 3. The number of carbonyl (C=O) groups is 3. The van der Waals surface area contributed by atoms with Crippen LogP contribution in [-0.4, -0.2) is 53.9 Å². The Morgan fingerprint density at radius 2 is 1.58 bits per heavy atom. The van der Waals surface area contributed by atoms with Crippen LogP contribution in [0.5, 0.6) is 0 Å². The minimum atomic E-state index is -1.33.